The summed E-state index contributed by atoms with van der Waals surface area (Å²) in [5.41, 5.74) is 3.46. The first kappa shape index (κ1) is 10.8. The highest BCUT2D eigenvalue weighted by atomic mass is 15.3. The van der Waals surface area contributed by atoms with Crippen molar-refractivity contribution in [2.24, 2.45) is 7.05 Å². The molecule has 3 rings (SSSR count). The van der Waals surface area contributed by atoms with Crippen molar-refractivity contribution >= 4 is 0 Å². The van der Waals surface area contributed by atoms with Crippen LogP contribution < -0.4 is 0 Å². The zero-order chi connectivity index (χ0) is 12.4. The maximum absolute atomic E-state index is 4.38. The Labute approximate surface area is 105 Å². The van der Waals surface area contributed by atoms with Gasteiger partial charge in [0.15, 0.2) is 0 Å². The van der Waals surface area contributed by atoms with Crippen LogP contribution in [0.25, 0.3) is 11.1 Å². The van der Waals surface area contributed by atoms with Crippen LogP contribution in [0.2, 0.25) is 0 Å². The Morgan fingerprint density at radius 2 is 1.83 bits per heavy atom. The van der Waals surface area contributed by atoms with E-state index in [9.17, 15) is 0 Å². The van der Waals surface area contributed by atoms with Gasteiger partial charge < -0.3 is 0 Å². The van der Waals surface area contributed by atoms with Crippen molar-refractivity contribution < 1.29 is 0 Å². The van der Waals surface area contributed by atoms with Crippen LogP contribution in [0.3, 0.4) is 0 Å². The van der Waals surface area contributed by atoms with Crippen molar-refractivity contribution in [3.05, 3.63) is 60.7 Å². The average molecular weight is 238 g/mol. The third-order valence-corrected chi connectivity index (χ3v) is 2.99. The van der Waals surface area contributed by atoms with E-state index < -0.39 is 0 Å². The SMILES string of the molecule is Cn1nccc1Cn1cc(-c2ccccc2)cn1. The zero-order valence-corrected chi connectivity index (χ0v) is 10.2. The smallest absolute Gasteiger partial charge is 0.0828 e. The molecular formula is C14H14N4. The van der Waals surface area contributed by atoms with Gasteiger partial charge in [0.25, 0.3) is 0 Å². The van der Waals surface area contributed by atoms with E-state index in [4.69, 9.17) is 0 Å². The molecule has 0 aliphatic rings. The molecule has 2 heterocycles. The highest BCUT2D eigenvalue weighted by molar-refractivity contribution is 5.61. The maximum atomic E-state index is 4.38. The van der Waals surface area contributed by atoms with Crippen LogP contribution in [0, 0.1) is 0 Å². The molecule has 0 fully saturated rings. The van der Waals surface area contributed by atoms with E-state index in [0.717, 1.165) is 17.8 Å². The Hall–Kier alpha value is -2.36. The summed E-state index contributed by atoms with van der Waals surface area (Å²) in [6.45, 7) is 0.739. The molecule has 0 spiro atoms. The number of benzene rings is 1. The van der Waals surface area contributed by atoms with Crippen LogP contribution in [-0.2, 0) is 13.6 Å². The minimum atomic E-state index is 0.739. The standard InChI is InChI=1S/C14H14N4/c1-17-14(7-8-15-17)11-18-10-13(9-16-18)12-5-3-2-4-6-12/h2-10H,11H2,1H3. The largest absolute Gasteiger partial charge is 0.271 e. The van der Waals surface area contributed by atoms with Crippen molar-refractivity contribution in [1.29, 1.82) is 0 Å². The molecule has 0 N–H and O–H groups in total. The second-order valence-corrected chi connectivity index (χ2v) is 4.24. The average Bonchev–Trinajstić information content (AvgIpc) is 3.02. The topological polar surface area (TPSA) is 35.6 Å². The highest BCUT2D eigenvalue weighted by Gasteiger charge is 2.03. The summed E-state index contributed by atoms with van der Waals surface area (Å²) in [5, 5.41) is 8.54. The van der Waals surface area contributed by atoms with Gasteiger partial charge in [0.05, 0.1) is 18.4 Å². The van der Waals surface area contributed by atoms with E-state index in [2.05, 4.69) is 28.5 Å². The second-order valence-electron chi connectivity index (χ2n) is 4.24. The minimum absolute atomic E-state index is 0.739. The summed E-state index contributed by atoms with van der Waals surface area (Å²) < 4.78 is 3.79. The lowest BCUT2D eigenvalue weighted by Crippen LogP contribution is -2.05. The Morgan fingerprint density at radius 3 is 2.56 bits per heavy atom. The number of hydrogen-bond donors (Lipinski definition) is 0. The molecule has 0 saturated carbocycles. The molecule has 0 aliphatic carbocycles. The quantitative estimate of drug-likeness (QED) is 0.702. The highest BCUT2D eigenvalue weighted by Crippen LogP contribution is 2.17. The number of hydrogen-bond acceptors (Lipinski definition) is 2. The summed E-state index contributed by atoms with van der Waals surface area (Å²) in [7, 11) is 1.94. The predicted octanol–water partition coefficient (Wildman–Crippen LogP) is 2.33. The fourth-order valence-corrected chi connectivity index (χ4v) is 1.95. The molecule has 90 valence electrons. The molecule has 4 nitrogen and oxygen atoms in total. The number of aromatic nitrogens is 4. The van der Waals surface area contributed by atoms with Crippen LogP contribution in [0.4, 0.5) is 0 Å². The van der Waals surface area contributed by atoms with Crippen molar-refractivity contribution in [3.8, 4) is 11.1 Å². The third kappa shape index (κ3) is 2.05. The van der Waals surface area contributed by atoms with Gasteiger partial charge in [0.2, 0.25) is 0 Å². The summed E-state index contributed by atoms with van der Waals surface area (Å²) >= 11 is 0. The number of nitrogens with zero attached hydrogens (tertiary/aromatic N) is 4. The normalized spacial score (nSPS) is 10.7. The van der Waals surface area contributed by atoms with Gasteiger partial charge in [-0.2, -0.15) is 10.2 Å². The van der Waals surface area contributed by atoms with E-state index >= 15 is 0 Å². The Morgan fingerprint density at radius 1 is 1.00 bits per heavy atom. The summed E-state index contributed by atoms with van der Waals surface area (Å²) in [4.78, 5) is 0. The molecule has 3 aromatic rings. The molecule has 0 saturated heterocycles. The third-order valence-electron chi connectivity index (χ3n) is 2.99. The molecule has 0 radical (unpaired) electrons. The lowest BCUT2D eigenvalue weighted by molar-refractivity contribution is 0.620. The van der Waals surface area contributed by atoms with Crippen molar-refractivity contribution in [1.82, 2.24) is 19.6 Å². The fraction of sp³-hybridized carbons (Fsp3) is 0.143. The van der Waals surface area contributed by atoms with Gasteiger partial charge in [-0.15, -0.1) is 0 Å². The number of aryl methyl sites for hydroxylation is 1. The van der Waals surface area contributed by atoms with Gasteiger partial charge >= 0.3 is 0 Å². The summed E-state index contributed by atoms with van der Waals surface area (Å²) in [6.07, 6.45) is 5.75. The lowest BCUT2D eigenvalue weighted by Gasteiger charge is -2.01. The summed E-state index contributed by atoms with van der Waals surface area (Å²) in [6, 6.07) is 12.3. The molecule has 1 aromatic carbocycles. The van der Waals surface area contributed by atoms with Crippen LogP contribution in [0.1, 0.15) is 5.69 Å². The maximum Gasteiger partial charge on any atom is 0.0828 e. The van der Waals surface area contributed by atoms with Gasteiger partial charge in [-0.25, -0.2) is 0 Å². The number of rotatable bonds is 3. The van der Waals surface area contributed by atoms with Gasteiger partial charge in [-0.3, -0.25) is 9.36 Å². The first-order valence-corrected chi connectivity index (χ1v) is 5.88. The molecule has 0 amide bonds. The second kappa shape index (κ2) is 4.49. The first-order chi connectivity index (χ1) is 8.83. The van der Waals surface area contributed by atoms with E-state index in [1.807, 2.05) is 46.9 Å². The van der Waals surface area contributed by atoms with Crippen LogP contribution >= 0.6 is 0 Å². The zero-order valence-electron chi connectivity index (χ0n) is 10.2. The summed E-state index contributed by atoms with van der Waals surface area (Å²) in [5.74, 6) is 0. The predicted molar refractivity (Wildman–Crippen MR) is 70.0 cm³/mol. The Balaban J connectivity index is 1.84. The molecule has 0 unspecified atom stereocenters. The molecule has 0 atom stereocenters. The van der Waals surface area contributed by atoms with E-state index in [1.54, 1.807) is 6.20 Å². The van der Waals surface area contributed by atoms with Crippen molar-refractivity contribution in [2.75, 3.05) is 0 Å². The first-order valence-electron chi connectivity index (χ1n) is 5.88. The fourth-order valence-electron chi connectivity index (χ4n) is 1.95. The van der Waals surface area contributed by atoms with E-state index in [-0.39, 0.29) is 0 Å². The Bertz CT molecular complexity index is 637. The van der Waals surface area contributed by atoms with Gasteiger partial charge in [0, 0.05) is 25.0 Å². The molecule has 4 heteroatoms. The van der Waals surface area contributed by atoms with E-state index in [0.29, 0.717) is 0 Å². The van der Waals surface area contributed by atoms with Crippen LogP contribution in [0.5, 0.6) is 0 Å². The van der Waals surface area contributed by atoms with Crippen molar-refractivity contribution in [3.63, 3.8) is 0 Å². The van der Waals surface area contributed by atoms with E-state index in [1.165, 1.54) is 5.56 Å². The van der Waals surface area contributed by atoms with Crippen LogP contribution in [-0.4, -0.2) is 19.6 Å². The molecule has 0 bridgehead atoms. The van der Waals surface area contributed by atoms with Crippen LogP contribution in [0.15, 0.2) is 55.0 Å². The van der Waals surface area contributed by atoms with Gasteiger partial charge in [0.1, 0.15) is 0 Å². The molecule has 2 aromatic heterocycles. The Kier molecular flexibility index (Phi) is 2.68. The minimum Gasteiger partial charge on any atom is -0.271 e. The molecule has 18 heavy (non-hydrogen) atoms. The molecule has 0 aliphatic heterocycles. The molecular weight excluding hydrogens is 224 g/mol. The van der Waals surface area contributed by atoms with Gasteiger partial charge in [-0.05, 0) is 11.6 Å². The lowest BCUT2D eigenvalue weighted by atomic mass is 10.1. The van der Waals surface area contributed by atoms with Crippen molar-refractivity contribution in [2.45, 2.75) is 6.54 Å². The van der Waals surface area contributed by atoms with Gasteiger partial charge in [-0.1, -0.05) is 30.3 Å². The monoisotopic (exact) mass is 238 g/mol.